The van der Waals surface area contributed by atoms with Crippen molar-refractivity contribution in [3.8, 4) is 11.3 Å². The number of amides is 3. The van der Waals surface area contributed by atoms with Crippen LogP contribution in [0, 0.1) is 5.92 Å². The lowest BCUT2D eigenvalue weighted by molar-refractivity contribution is -0.141. The van der Waals surface area contributed by atoms with Gasteiger partial charge in [-0.15, -0.1) is 0 Å². The molecule has 6 rings (SSSR count). The molecule has 0 radical (unpaired) electrons. The Morgan fingerprint density at radius 2 is 1.52 bits per heavy atom. The first kappa shape index (κ1) is 37.0. The molecule has 3 aromatic carbocycles. The minimum Gasteiger partial charge on any atom is -0.355 e. The van der Waals surface area contributed by atoms with E-state index in [2.05, 4.69) is 35.5 Å². The Kier molecular flexibility index (Phi) is 11.6. The molecule has 3 amide bonds. The Morgan fingerprint density at radius 3 is 2.17 bits per heavy atom. The highest BCUT2D eigenvalue weighted by Gasteiger charge is 2.39. The molecule has 0 bridgehead atoms. The molecule has 3 N–H and O–H groups in total. The van der Waals surface area contributed by atoms with E-state index in [1.165, 1.54) is 0 Å². The van der Waals surface area contributed by atoms with Crippen LogP contribution in [-0.4, -0.2) is 95.5 Å². The second-order valence-corrected chi connectivity index (χ2v) is 14.9. The summed E-state index contributed by atoms with van der Waals surface area (Å²) < 4.78 is 0. The third-order valence-electron chi connectivity index (χ3n) is 10.5. The monoisotopic (exact) mass is 704 g/mol. The van der Waals surface area contributed by atoms with Crippen molar-refractivity contribution in [2.24, 2.45) is 5.92 Å². The van der Waals surface area contributed by atoms with Gasteiger partial charge in [-0.25, -0.2) is 0 Å². The highest BCUT2D eigenvalue weighted by atomic mass is 16.2. The lowest BCUT2D eigenvalue weighted by Crippen LogP contribution is -2.51. The van der Waals surface area contributed by atoms with Gasteiger partial charge in [-0.05, 0) is 106 Å². The van der Waals surface area contributed by atoms with Gasteiger partial charge >= 0.3 is 0 Å². The van der Waals surface area contributed by atoms with Crippen LogP contribution in [0.1, 0.15) is 63.1 Å². The molecule has 2 aliphatic rings. The number of ketones is 1. The summed E-state index contributed by atoms with van der Waals surface area (Å²) in [6.07, 6.45) is 3.96. The van der Waals surface area contributed by atoms with Gasteiger partial charge in [0, 0.05) is 41.8 Å². The molecule has 0 spiro atoms. The predicted molar refractivity (Wildman–Crippen MR) is 206 cm³/mol. The Balaban J connectivity index is 1.09. The third kappa shape index (κ3) is 8.13. The minimum atomic E-state index is -0.487. The predicted octanol–water partition coefficient (Wildman–Crippen LogP) is 5.80. The molecule has 0 unspecified atom stereocenters. The number of benzene rings is 3. The van der Waals surface area contributed by atoms with Crippen molar-refractivity contribution >= 4 is 40.1 Å². The lowest BCUT2D eigenvalue weighted by atomic mass is 9.99. The summed E-state index contributed by atoms with van der Waals surface area (Å²) in [5.74, 6) is 0.231. The van der Waals surface area contributed by atoms with Crippen LogP contribution in [0.4, 0.5) is 5.69 Å². The van der Waals surface area contributed by atoms with Gasteiger partial charge in [-0.1, -0.05) is 62.4 Å². The van der Waals surface area contributed by atoms with Crippen LogP contribution in [-0.2, 0) is 25.6 Å². The van der Waals surface area contributed by atoms with Crippen LogP contribution in [0.15, 0.2) is 78.9 Å². The van der Waals surface area contributed by atoms with Crippen LogP contribution in [0.5, 0.6) is 0 Å². The summed E-state index contributed by atoms with van der Waals surface area (Å²) in [4.78, 5) is 63.0. The number of rotatable bonds is 13. The quantitative estimate of drug-likeness (QED) is 0.162. The van der Waals surface area contributed by atoms with Crippen LogP contribution in [0.2, 0.25) is 0 Å². The number of likely N-dealkylation sites (N-methyl/N-ethyl adjacent to an activating group) is 2. The Hall–Kier alpha value is -4.80. The molecule has 4 aromatic rings. The molecule has 0 aliphatic carbocycles. The first-order valence-electron chi connectivity index (χ1n) is 18.6. The second-order valence-electron chi connectivity index (χ2n) is 14.9. The lowest BCUT2D eigenvalue weighted by Gasteiger charge is -2.32. The van der Waals surface area contributed by atoms with E-state index < -0.39 is 18.1 Å². The van der Waals surface area contributed by atoms with Crippen LogP contribution < -0.4 is 10.6 Å². The fraction of sp³-hybridized carbons (Fsp3) is 0.429. The van der Waals surface area contributed by atoms with Gasteiger partial charge in [0.2, 0.25) is 17.7 Å². The van der Waals surface area contributed by atoms with E-state index in [-0.39, 0.29) is 36.0 Å². The Bertz CT molecular complexity index is 1890. The van der Waals surface area contributed by atoms with E-state index in [0.717, 1.165) is 52.5 Å². The number of carbonyl (C=O) groups is 4. The number of carbonyl (C=O) groups excluding carboxylic acids is 4. The number of anilines is 1. The van der Waals surface area contributed by atoms with E-state index in [1.54, 1.807) is 16.8 Å². The number of likely N-dealkylation sites (tertiary alicyclic amines) is 2. The van der Waals surface area contributed by atoms with Crippen LogP contribution >= 0.6 is 0 Å². The number of aromatic amines is 1. The number of Topliss-reactive ketones (excluding diaryl/α,β-unsaturated/α-hetero) is 1. The van der Waals surface area contributed by atoms with Crippen LogP contribution in [0.25, 0.3) is 22.2 Å². The number of aromatic nitrogens is 1. The van der Waals surface area contributed by atoms with Crippen LogP contribution in [0.3, 0.4) is 0 Å². The topological polar surface area (TPSA) is 118 Å². The number of fused-ring (bicyclic) bond motifs is 1. The molecule has 0 saturated carbocycles. The average molecular weight is 705 g/mol. The van der Waals surface area contributed by atoms with Gasteiger partial charge in [0.25, 0.3) is 0 Å². The molecule has 1 aromatic heterocycles. The maximum atomic E-state index is 13.6. The van der Waals surface area contributed by atoms with Crippen molar-refractivity contribution in [2.45, 2.75) is 76.5 Å². The van der Waals surface area contributed by atoms with E-state index >= 15 is 0 Å². The molecule has 2 aliphatic heterocycles. The molecular weight excluding hydrogens is 652 g/mol. The molecule has 10 heteroatoms. The van der Waals surface area contributed by atoms with Gasteiger partial charge in [-0.2, -0.15) is 0 Å². The first-order chi connectivity index (χ1) is 25.0. The molecule has 52 heavy (non-hydrogen) atoms. The van der Waals surface area contributed by atoms with Gasteiger partial charge in [0.05, 0.1) is 12.1 Å². The largest absolute Gasteiger partial charge is 0.355 e. The first-order valence-corrected chi connectivity index (χ1v) is 18.6. The zero-order chi connectivity index (χ0) is 36.9. The Labute approximate surface area is 306 Å². The number of hydrogen-bond acceptors (Lipinski definition) is 6. The maximum absolute atomic E-state index is 13.6. The fourth-order valence-corrected chi connectivity index (χ4v) is 7.81. The van der Waals surface area contributed by atoms with Gasteiger partial charge in [0.1, 0.15) is 12.1 Å². The summed E-state index contributed by atoms with van der Waals surface area (Å²) in [5, 5.41) is 7.18. The number of hydrogen-bond donors (Lipinski definition) is 3. The number of nitrogens with zero attached hydrogens (tertiary/aromatic N) is 3. The number of H-pyrrole nitrogens is 1. The molecule has 4 atom stereocenters. The molecule has 3 heterocycles. The van der Waals surface area contributed by atoms with Crippen molar-refractivity contribution in [1.82, 2.24) is 25.0 Å². The Morgan fingerprint density at radius 1 is 0.846 bits per heavy atom. The second kappa shape index (κ2) is 16.3. The van der Waals surface area contributed by atoms with Crippen molar-refractivity contribution < 1.29 is 19.2 Å². The summed E-state index contributed by atoms with van der Waals surface area (Å²) in [6, 6.07) is 23.8. The SMILES string of the molecule is CN[C@@H](C(=O)N1CCC[C@H]1C(=O)Cc1ccc2[nH]c(-c3ccc(NC(=O)[C@@H]4CCCN4C(=O)[C@@H](CC(C)C)N(C)C)cc3)cc2c1)c1ccccc1. The van der Waals surface area contributed by atoms with E-state index in [0.29, 0.717) is 37.5 Å². The van der Waals surface area contributed by atoms with Gasteiger partial charge < -0.3 is 25.4 Å². The average Bonchev–Trinajstić information content (AvgIpc) is 3.91. The highest BCUT2D eigenvalue weighted by Crippen LogP contribution is 2.29. The molecule has 2 saturated heterocycles. The van der Waals surface area contributed by atoms with Crippen molar-refractivity contribution in [3.05, 3.63) is 90.0 Å². The molecule has 274 valence electrons. The highest BCUT2D eigenvalue weighted by molar-refractivity contribution is 5.98. The standard InChI is InChI=1S/C42H52N6O4/c1-27(2)23-37(46(4)5)41(51)48-22-10-14-36(48)40(50)44-32-18-16-29(17-19-32)34-26-31-24-28(15-20-33(31)45-34)25-38(49)35-13-9-21-47(35)42(52)39(43-3)30-11-7-6-8-12-30/h6-8,11-12,15-20,24,26-27,35-37,39,43,45H,9-10,13-14,21-23,25H2,1-5H3,(H,44,50)/t35-,36-,37+,39+/m0/s1. The zero-order valence-electron chi connectivity index (χ0n) is 31.0. The smallest absolute Gasteiger partial charge is 0.247 e. The van der Waals surface area contributed by atoms with Crippen molar-refractivity contribution in [3.63, 3.8) is 0 Å². The minimum absolute atomic E-state index is 0.0233. The van der Waals surface area contributed by atoms with E-state index in [9.17, 15) is 19.2 Å². The third-order valence-corrected chi connectivity index (χ3v) is 10.5. The summed E-state index contributed by atoms with van der Waals surface area (Å²) >= 11 is 0. The molecular formula is C42H52N6O4. The molecule has 10 nitrogen and oxygen atoms in total. The summed E-state index contributed by atoms with van der Waals surface area (Å²) in [5.41, 5.74) is 5.33. The van der Waals surface area contributed by atoms with E-state index in [1.807, 2.05) is 91.8 Å². The van der Waals surface area contributed by atoms with Gasteiger partial charge in [-0.3, -0.25) is 24.1 Å². The van der Waals surface area contributed by atoms with E-state index in [4.69, 9.17) is 0 Å². The van der Waals surface area contributed by atoms with Gasteiger partial charge in [0.15, 0.2) is 5.78 Å². The summed E-state index contributed by atoms with van der Waals surface area (Å²) in [6.45, 7) is 5.40. The summed E-state index contributed by atoms with van der Waals surface area (Å²) in [7, 11) is 5.62. The fourth-order valence-electron chi connectivity index (χ4n) is 7.81. The normalized spacial score (nSPS) is 18.7. The molecule has 2 fully saturated rings. The zero-order valence-corrected chi connectivity index (χ0v) is 31.0. The maximum Gasteiger partial charge on any atom is 0.247 e. The van der Waals surface area contributed by atoms with Crippen molar-refractivity contribution in [1.29, 1.82) is 0 Å². The number of nitrogens with one attached hydrogen (secondary N) is 3. The van der Waals surface area contributed by atoms with Crippen molar-refractivity contribution in [2.75, 3.05) is 39.5 Å².